The van der Waals surface area contributed by atoms with E-state index in [1.807, 2.05) is 25.1 Å². The molecule has 0 saturated carbocycles. The molecule has 1 aromatic carbocycles. The van der Waals surface area contributed by atoms with Crippen LogP contribution >= 0.6 is 0 Å². The number of benzene rings is 1. The highest BCUT2D eigenvalue weighted by Crippen LogP contribution is 2.29. The highest BCUT2D eigenvalue weighted by Gasteiger charge is 2.05. The summed E-state index contributed by atoms with van der Waals surface area (Å²) >= 11 is 0. The molecule has 0 radical (unpaired) electrons. The fourth-order valence-corrected chi connectivity index (χ4v) is 1.64. The van der Waals surface area contributed by atoms with Gasteiger partial charge in [-0.15, -0.1) is 0 Å². The van der Waals surface area contributed by atoms with Gasteiger partial charge in [-0.1, -0.05) is 6.07 Å². The van der Waals surface area contributed by atoms with Crippen molar-refractivity contribution in [3.8, 4) is 11.5 Å². The Bertz CT molecular complexity index is 541. The molecule has 4 nitrogen and oxygen atoms in total. The quantitative estimate of drug-likeness (QED) is 0.840. The van der Waals surface area contributed by atoms with E-state index in [0.717, 1.165) is 11.4 Å². The second-order valence-corrected chi connectivity index (χ2v) is 3.97. The van der Waals surface area contributed by atoms with Gasteiger partial charge in [0.1, 0.15) is 6.61 Å². The van der Waals surface area contributed by atoms with Gasteiger partial charge >= 0.3 is 0 Å². The lowest BCUT2D eigenvalue weighted by Crippen LogP contribution is -2.01. The van der Waals surface area contributed by atoms with E-state index in [4.69, 9.17) is 15.2 Å². The van der Waals surface area contributed by atoms with Crippen molar-refractivity contribution in [2.45, 2.75) is 13.5 Å². The Hall–Kier alpha value is -2.23. The monoisotopic (exact) mass is 244 g/mol. The molecule has 0 unspecified atom stereocenters. The average molecular weight is 244 g/mol. The highest BCUT2D eigenvalue weighted by atomic mass is 16.5. The van der Waals surface area contributed by atoms with Gasteiger partial charge in [-0.2, -0.15) is 0 Å². The first-order chi connectivity index (χ1) is 8.69. The first-order valence-electron chi connectivity index (χ1n) is 5.68. The van der Waals surface area contributed by atoms with Crippen molar-refractivity contribution in [3.05, 3.63) is 47.8 Å². The maximum Gasteiger partial charge on any atom is 0.163 e. The number of methoxy groups -OCH3 is 1. The van der Waals surface area contributed by atoms with Gasteiger partial charge in [0.05, 0.1) is 12.8 Å². The largest absolute Gasteiger partial charge is 0.493 e. The van der Waals surface area contributed by atoms with E-state index < -0.39 is 0 Å². The molecule has 0 atom stereocenters. The first-order valence-corrected chi connectivity index (χ1v) is 5.68. The fourth-order valence-electron chi connectivity index (χ4n) is 1.64. The molecule has 2 aromatic rings. The van der Waals surface area contributed by atoms with Crippen molar-refractivity contribution < 1.29 is 9.47 Å². The van der Waals surface area contributed by atoms with Crippen LogP contribution in [-0.4, -0.2) is 12.1 Å². The van der Waals surface area contributed by atoms with Crippen LogP contribution in [0, 0.1) is 6.92 Å². The van der Waals surface area contributed by atoms with Crippen LogP contribution in [0.1, 0.15) is 11.4 Å². The minimum atomic E-state index is 0.390. The van der Waals surface area contributed by atoms with Gasteiger partial charge in [0.15, 0.2) is 11.5 Å². The SMILES string of the molecule is COc1ccc(N)cc1OCc1cccc(C)n1. The summed E-state index contributed by atoms with van der Waals surface area (Å²) in [6.07, 6.45) is 0. The van der Waals surface area contributed by atoms with E-state index in [1.165, 1.54) is 0 Å². The lowest BCUT2D eigenvalue weighted by molar-refractivity contribution is 0.280. The lowest BCUT2D eigenvalue weighted by atomic mass is 10.3. The van der Waals surface area contributed by atoms with Crippen molar-refractivity contribution >= 4 is 5.69 Å². The summed E-state index contributed by atoms with van der Waals surface area (Å²) in [6.45, 7) is 2.34. The number of aryl methyl sites for hydroxylation is 1. The molecule has 1 heterocycles. The zero-order chi connectivity index (χ0) is 13.0. The summed E-state index contributed by atoms with van der Waals surface area (Å²) < 4.78 is 10.9. The van der Waals surface area contributed by atoms with Gasteiger partial charge in [0.25, 0.3) is 0 Å². The number of nitrogens with zero attached hydrogens (tertiary/aromatic N) is 1. The summed E-state index contributed by atoms with van der Waals surface area (Å²) in [7, 11) is 1.60. The highest BCUT2D eigenvalue weighted by molar-refractivity contribution is 5.51. The Morgan fingerprint density at radius 2 is 2.00 bits per heavy atom. The van der Waals surface area contributed by atoms with Crippen molar-refractivity contribution in [1.29, 1.82) is 0 Å². The van der Waals surface area contributed by atoms with E-state index in [1.54, 1.807) is 25.3 Å². The predicted molar refractivity (Wildman–Crippen MR) is 70.7 cm³/mol. The molecule has 0 spiro atoms. The molecular formula is C14H16N2O2. The number of pyridine rings is 1. The molecule has 0 fully saturated rings. The Morgan fingerprint density at radius 1 is 1.17 bits per heavy atom. The van der Waals surface area contributed by atoms with E-state index in [2.05, 4.69) is 4.98 Å². The number of nitrogens with two attached hydrogens (primary N) is 1. The van der Waals surface area contributed by atoms with Crippen LogP contribution in [0.2, 0.25) is 0 Å². The number of ether oxygens (including phenoxy) is 2. The summed E-state index contributed by atoms with van der Waals surface area (Å²) in [5, 5.41) is 0. The van der Waals surface area contributed by atoms with Gasteiger partial charge in [-0.3, -0.25) is 4.98 Å². The predicted octanol–water partition coefficient (Wildman–Crippen LogP) is 2.56. The summed E-state index contributed by atoms with van der Waals surface area (Å²) in [6, 6.07) is 11.1. The van der Waals surface area contributed by atoms with E-state index >= 15 is 0 Å². The van der Waals surface area contributed by atoms with Crippen LogP contribution in [0.15, 0.2) is 36.4 Å². The minimum absolute atomic E-state index is 0.390. The van der Waals surface area contributed by atoms with E-state index in [9.17, 15) is 0 Å². The normalized spacial score (nSPS) is 10.1. The number of nitrogen functional groups attached to an aromatic ring is 1. The van der Waals surface area contributed by atoms with Crippen molar-refractivity contribution in [2.75, 3.05) is 12.8 Å². The molecular weight excluding hydrogens is 228 g/mol. The van der Waals surface area contributed by atoms with Crippen LogP contribution in [-0.2, 0) is 6.61 Å². The topological polar surface area (TPSA) is 57.4 Å². The van der Waals surface area contributed by atoms with Crippen LogP contribution in [0.4, 0.5) is 5.69 Å². The van der Waals surface area contributed by atoms with Crippen LogP contribution in [0.3, 0.4) is 0 Å². The molecule has 0 bridgehead atoms. The fraction of sp³-hybridized carbons (Fsp3) is 0.214. The number of hydrogen-bond acceptors (Lipinski definition) is 4. The lowest BCUT2D eigenvalue weighted by Gasteiger charge is -2.11. The number of rotatable bonds is 4. The van der Waals surface area contributed by atoms with Crippen molar-refractivity contribution in [1.82, 2.24) is 4.98 Å². The molecule has 1 aromatic heterocycles. The average Bonchev–Trinajstić information content (AvgIpc) is 2.37. The zero-order valence-corrected chi connectivity index (χ0v) is 10.5. The van der Waals surface area contributed by atoms with Gasteiger partial charge in [-0.25, -0.2) is 0 Å². The Morgan fingerprint density at radius 3 is 2.72 bits per heavy atom. The molecule has 2 rings (SSSR count). The Kier molecular flexibility index (Phi) is 3.67. The summed E-state index contributed by atoms with van der Waals surface area (Å²) in [4.78, 5) is 4.37. The number of aromatic nitrogens is 1. The molecule has 0 aliphatic rings. The standard InChI is InChI=1S/C14H16N2O2/c1-10-4-3-5-12(16-10)9-18-14-8-11(15)6-7-13(14)17-2/h3-8H,9,15H2,1-2H3. The number of anilines is 1. The Balaban J connectivity index is 2.12. The molecule has 18 heavy (non-hydrogen) atoms. The van der Waals surface area contributed by atoms with Crippen LogP contribution in [0.25, 0.3) is 0 Å². The van der Waals surface area contributed by atoms with Crippen molar-refractivity contribution in [2.24, 2.45) is 0 Å². The first kappa shape index (κ1) is 12.2. The smallest absolute Gasteiger partial charge is 0.163 e. The maximum atomic E-state index is 5.72. The van der Waals surface area contributed by atoms with Crippen LogP contribution in [0.5, 0.6) is 11.5 Å². The molecule has 0 aliphatic heterocycles. The third kappa shape index (κ3) is 2.91. The third-order valence-electron chi connectivity index (χ3n) is 2.51. The van der Waals surface area contributed by atoms with E-state index in [-0.39, 0.29) is 0 Å². The van der Waals surface area contributed by atoms with E-state index in [0.29, 0.717) is 23.8 Å². The third-order valence-corrected chi connectivity index (χ3v) is 2.51. The van der Waals surface area contributed by atoms with Gasteiger partial charge in [0, 0.05) is 17.4 Å². The van der Waals surface area contributed by atoms with Gasteiger partial charge < -0.3 is 15.2 Å². The second kappa shape index (κ2) is 5.40. The summed E-state index contributed by atoms with van der Waals surface area (Å²) in [5.74, 6) is 1.29. The molecule has 4 heteroatoms. The van der Waals surface area contributed by atoms with Gasteiger partial charge in [-0.05, 0) is 31.2 Å². The molecule has 2 N–H and O–H groups in total. The minimum Gasteiger partial charge on any atom is -0.493 e. The van der Waals surface area contributed by atoms with Crippen molar-refractivity contribution in [3.63, 3.8) is 0 Å². The van der Waals surface area contributed by atoms with Crippen LogP contribution < -0.4 is 15.2 Å². The number of hydrogen-bond donors (Lipinski definition) is 1. The molecule has 0 aliphatic carbocycles. The molecule has 94 valence electrons. The molecule has 0 amide bonds. The summed E-state index contributed by atoms with van der Waals surface area (Å²) in [5.41, 5.74) is 8.21. The molecule has 0 saturated heterocycles. The Labute approximate surface area is 106 Å². The zero-order valence-electron chi connectivity index (χ0n) is 10.5. The van der Waals surface area contributed by atoms with Gasteiger partial charge in [0.2, 0.25) is 0 Å². The second-order valence-electron chi connectivity index (χ2n) is 3.97. The maximum absolute atomic E-state index is 5.72.